The number of hydrogen-bond acceptors (Lipinski definition) is 11. The molecule has 14 nitrogen and oxygen atoms in total. The summed E-state index contributed by atoms with van der Waals surface area (Å²) >= 11 is 0. The van der Waals surface area contributed by atoms with Crippen LogP contribution in [0.5, 0.6) is 5.88 Å². The molecule has 1 saturated heterocycles. The van der Waals surface area contributed by atoms with Gasteiger partial charge in [0.05, 0.1) is 26.1 Å². The minimum Gasteiger partial charge on any atom is -0.479 e. The Morgan fingerprint density at radius 2 is 2.21 bits per heavy atom. The predicted octanol–water partition coefficient (Wildman–Crippen LogP) is 2.54. The van der Waals surface area contributed by atoms with E-state index in [0.717, 1.165) is 0 Å². The van der Waals surface area contributed by atoms with Crippen molar-refractivity contribution >= 4 is 24.9 Å². The van der Waals surface area contributed by atoms with Crippen LogP contribution in [-0.2, 0) is 22.9 Å². The minimum absolute atomic E-state index is 0.0395. The lowest BCUT2D eigenvalue weighted by Gasteiger charge is -2.22. The number of rotatable bonds is 8. The van der Waals surface area contributed by atoms with Gasteiger partial charge in [-0.2, -0.15) is 9.97 Å². The van der Waals surface area contributed by atoms with Crippen molar-refractivity contribution in [3.05, 3.63) is 16.8 Å². The van der Waals surface area contributed by atoms with E-state index in [1.807, 2.05) is 0 Å². The third-order valence-electron chi connectivity index (χ3n) is 3.75. The fourth-order valence-corrected chi connectivity index (χ4v) is 4.30. The molecule has 3 unspecified atom stereocenters. The summed E-state index contributed by atoms with van der Waals surface area (Å²) in [6, 6.07) is 0. The molecule has 3 heterocycles. The third kappa shape index (κ3) is 4.58. The Hall–Kier alpha value is -2.47. The van der Waals surface area contributed by atoms with Crippen molar-refractivity contribution in [2.75, 3.05) is 19.4 Å². The summed E-state index contributed by atoms with van der Waals surface area (Å²) in [6.45, 7) is 4.87. The van der Waals surface area contributed by atoms with Crippen molar-refractivity contribution in [2.24, 2.45) is 5.11 Å². The van der Waals surface area contributed by atoms with E-state index in [2.05, 4.69) is 25.0 Å². The van der Waals surface area contributed by atoms with Crippen LogP contribution >= 0.6 is 7.82 Å². The standard InChI is InChI=1S/C14H21N8O6P/c1-7(2)26-29(23)27-8(3)13(28-29)25-9(5-18-21-16)22-6-17-10-11(22)19-14(15)20-12(10)24-4/h6-9,13H,5H2,1-4H3,(H2,15,19,20)/t8?,9-,13?,29?/m1/s1. The van der Waals surface area contributed by atoms with Gasteiger partial charge >= 0.3 is 7.82 Å². The number of nitrogens with zero attached hydrogens (tertiary/aromatic N) is 7. The van der Waals surface area contributed by atoms with Crippen molar-refractivity contribution in [3.8, 4) is 5.88 Å². The van der Waals surface area contributed by atoms with Gasteiger partial charge in [0.2, 0.25) is 11.8 Å². The Labute approximate surface area is 165 Å². The van der Waals surface area contributed by atoms with Gasteiger partial charge in [-0.1, -0.05) is 5.11 Å². The second-order valence-corrected chi connectivity index (χ2v) is 7.83. The van der Waals surface area contributed by atoms with Gasteiger partial charge in [-0.3, -0.25) is 18.1 Å². The van der Waals surface area contributed by atoms with Crippen LogP contribution in [0.3, 0.4) is 0 Å². The van der Waals surface area contributed by atoms with E-state index in [1.165, 1.54) is 18.0 Å². The zero-order valence-corrected chi connectivity index (χ0v) is 17.1. The van der Waals surface area contributed by atoms with E-state index >= 15 is 0 Å². The molecule has 0 spiro atoms. The Kier molecular flexibility index (Phi) is 6.22. The number of methoxy groups -OCH3 is 1. The Balaban J connectivity index is 1.92. The highest BCUT2D eigenvalue weighted by atomic mass is 31.2. The van der Waals surface area contributed by atoms with Gasteiger partial charge in [0.1, 0.15) is 12.3 Å². The predicted molar refractivity (Wildman–Crippen MR) is 99.7 cm³/mol. The topological polar surface area (TPSA) is 182 Å². The summed E-state index contributed by atoms with van der Waals surface area (Å²) in [5.41, 5.74) is 15.1. The number of fused-ring (bicyclic) bond motifs is 1. The first kappa shape index (κ1) is 21.2. The minimum atomic E-state index is -3.78. The molecule has 0 radical (unpaired) electrons. The maximum Gasteiger partial charge on any atom is 0.477 e. The highest BCUT2D eigenvalue weighted by Gasteiger charge is 2.46. The Morgan fingerprint density at radius 3 is 2.86 bits per heavy atom. The molecule has 0 bridgehead atoms. The second kappa shape index (κ2) is 8.49. The van der Waals surface area contributed by atoms with Crippen molar-refractivity contribution < 1.29 is 27.6 Å². The van der Waals surface area contributed by atoms with Crippen LogP contribution in [0, 0.1) is 0 Å². The van der Waals surface area contributed by atoms with Crippen LogP contribution in [0.1, 0.15) is 27.0 Å². The molecule has 1 aliphatic heterocycles. The quantitative estimate of drug-likeness (QED) is 0.284. The number of azide groups is 1. The summed E-state index contributed by atoms with van der Waals surface area (Å²) < 4.78 is 41.1. The van der Waals surface area contributed by atoms with Gasteiger partial charge in [0, 0.05) is 4.91 Å². The largest absolute Gasteiger partial charge is 0.479 e. The molecule has 158 valence electrons. The lowest BCUT2D eigenvalue weighted by atomic mass is 10.4. The number of phosphoric ester groups is 1. The first-order valence-electron chi connectivity index (χ1n) is 8.62. The van der Waals surface area contributed by atoms with Gasteiger partial charge in [0.15, 0.2) is 17.5 Å². The number of phosphoric acid groups is 1. The normalized spacial score (nSPS) is 25.3. The van der Waals surface area contributed by atoms with Crippen LogP contribution < -0.4 is 10.5 Å². The zero-order valence-electron chi connectivity index (χ0n) is 16.2. The van der Waals surface area contributed by atoms with E-state index in [0.29, 0.717) is 11.2 Å². The summed E-state index contributed by atoms with van der Waals surface area (Å²) in [5.74, 6) is 0.139. The molecule has 15 heteroatoms. The SMILES string of the molecule is COc1nc(N)nc2c1ncn2[C@@H](CN=[N+]=[N-])OC1OP(=O)(OC(C)C)OC1C. The van der Waals surface area contributed by atoms with E-state index in [9.17, 15) is 4.57 Å². The Morgan fingerprint density at radius 1 is 1.45 bits per heavy atom. The van der Waals surface area contributed by atoms with Crippen LogP contribution in [0.15, 0.2) is 11.4 Å². The molecular weight excluding hydrogens is 407 g/mol. The van der Waals surface area contributed by atoms with Crippen molar-refractivity contribution in [2.45, 2.75) is 45.5 Å². The van der Waals surface area contributed by atoms with Crippen molar-refractivity contribution in [3.63, 3.8) is 0 Å². The number of anilines is 1. The lowest BCUT2D eigenvalue weighted by molar-refractivity contribution is -0.150. The van der Waals surface area contributed by atoms with Gasteiger partial charge in [-0.05, 0) is 26.3 Å². The van der Waals surface area contributed by atoms with E-state index in [1.54, 1.807) is 20.8 Å². The lowest BCUT2D eigenvalue weighted by Crippen LogP contribution is -2.28. The highest BCUT2D eigenvalue weighted by molar-refractivity contribution is 7.48. The van der Waals surface area contributed by atoms with E-state index in [-0.39, 0.29) is 24.5 Å². The first-order valence-corrected chi connectivity index (χ1v) is 10.1. The molecule has 1 aliphatic rings. The number of nitrogens with two attached hydrogens (primary N) is 1. The highest BCUT2D eigenvalue weighted by Crippen LogP contribution is 2.58. The molecule has 2 N–H and O–H groups in total. The fraction of sp³-hybridized carbons (Fsp3) is 0.643. The molecule has 3 rings (SSSR count). The van der Waals surface area contributed by atoms with E-state index in [4.69, 9.17) is 34.3 Å². The number of hydrogen-bond donors (Lipinski definition) is 1. The number of aromatic nitrogens is 4. The number of nitrogen functional groups attached to an aromatic ring is 1. The summed E-state index contributed by atoms with van der Waals surface area (Å²) in [5, 5.41) is 3.56. The van der Waals surface area contributed by atoms with Gasteiger partial charge in [-0.15, -0.1) is 0 Å². The van der Waals surface area contributed by atoms with Crippen LogP contribution in [0.25, 0.3) is 21.6 Å². The molecule has 1 fully saturated rings. The average molecular weight is 428 g/mol. The third-order valence-corrected chi connectivity index (χ3v) is 5.49. The van der Waals surface area contributed by atoms with Crippen molar-refractivity contribution in [1.29, 1.82) is 0 Å². The summed E-state index contributed by atoms with van der Waals surface area (Å²) in [4.78, 5) is 15.1. The number of ether oxygens (including phenoxy) is 2. The van der Waals surface area contributed by atoms with Gasteiger partial charge in [-0.25, -0.2) is 9.55 Å². The molecule has 0 aliphatic carbocycles. The molecular formula is C14H21N8O6P. The number of imidazole rings is 1. The first-order chi connectivity index (χ1) is 13.8. The molecule has 2 aromatic rings. The summed E-state index contributed by atoms with van der Waals surface area (Å²) in [7, 11) is -2.36. The van der Waals surface area contributed by atoms with Crippen LogP contribution in [-0.4, -0.2) is 51.7 Å². The van der Waals surface area contributed by atoms with Crippen molar-refractivity contribution in [1.82, 2.24) is 19.5 Å². The van der Waals surface area contributed by atoms with Gasteiger partial charge < -0.3 is 15.2 Å². The fourth-order valence-electron chi connectivity index (χ4n) is 2.65. The second-order valence-electron chi connectivity index (χ2n) is 6.31. The molecule has 0 amide bonds. The van der Waals surface area contributed by atoms with Crippen LogP contribution in [0.4, 0.5) is 5.95 Å². The van der Waals surface area contributed by atoms with Gasteiger partial charge in [0.25, 0.3) is 0 Å². The molecule has 0 saturated carbocycles. The molecule has 0 aromatic carbocycles. The van der Waals surface area contributed by atoms with Crippen LogP contribution in [0.2, 0.25) is 0 Å². The maximum absolute atomic E-state index is 12.6. The van der Waals surface area contributed by atoms with E-state index < -0.39 is 26.4 Å². The average Bonchev–Trinajstić information content (AvgIpc) is 3.17. The monoisotopic (exact) mass is 428 g/mol. The maximum atomic E-state index is 12.6. The zero-order chi connectivity index (χ0) is 21.2. The Bertz CT molecular complexity index is 976. The molecule has 2 aromatic heterocycles. The molecule has 29 heavy (non-hydrogen) atoms. The smallest absolute Gasteiger partial charge is 0.477 e. The molecule has 4 atom stereocenters. The summed E-state index contributed by atoms with van der Waals surface area (Å²) in [6.07, 6.45) is -1.66.